The average molecular weight is 393 g/mol. The summed E-state index contributed by atoms with van der Waals surface area (Å²) >= 11 is 0. The highest BCUT2D eigenvalue weighted by Crippen LogP contribution is 2.29. The molecule has 0 aromatic rings. The summed E-state index contributed by atoms with van der Waals surface area (Å²) in [6.45, 7) is 4.66. The topological polar surface area (TPSA) is 0 Å². The molecule has 0 heterocycles. The van der Waals surface area contributed by atoms with Crippen molar-refractivity contribution in [3.63, 3.8) is 0 Å². The molecule has 1 rings (SSSR count). The van der Waals surface area contributed by atoms with Gasteiger partial charge in [-0.3, -0.25) is 0 Å². The Morgan fingerprint density at radius 3 is 1.18 bits per heavy atom. The SMILES string of the molecule is CCCCCCCC1CCCCCCCCCC(CCCCCCC)CCC1. The van der Waals surface area contributed by atoms with Crippen molar-refractivity contribution in [3.05, 3.63) is 0 Å². The van der Waals surface area contributed by atoms with Crippen molar-refractivity contribution in [2.45, 2.75) is 168 Å². The van der Waals surface area contributed by atoms with Crippen LogP contribution in [0, 0.1) is 11.8 Å². The molecule has 0 saturated heterocycles. The standard InChI is InChI=1S/C28H56/c1-3-5-7-12-16-21-27-23-18-14-10-9-11-15-19-24-28(26-20-25-27)22-17-13-8-6-4-2/h27-28H,3-26H2,1-2H3. The molecular weight excluding hydrogens is 336 g/mol. The van der Waals surface area contributed by atoms with E-state index in [0.29, 0.717) is 0 Å². The second-order valence-electron chi connectivity index (χ2n) is 10.1. The zero-order valence-electron chi connectivity index (χ0n) is 20.1. The maximum Gasteiger partial charge on any atom is -0.0414 e. The van der Waals surface area contributed by atoms with Gasteiger partial charge in [-0.25, -0.2) is 0 Å². The molecule has 1 fully saturated rings. The van der Waals surface area contributed by atoms with Gasteiger partial charge in [-0.15, -0.1) is 0 Å². The van der Waals surface area contributed by atoms with Crippen LogP contribution < -0.4 is 0 Å². The molecule has 0 aromatic heterocycles. The average Bonchev–Trinajstić information content (AvgIpc) is 2.70. The molecule has 0 nitrogen and oxygen atoms in total. The van der Waals surface area contributed by atoms with Crippen LogP contribution in [0.3, 0.4) is 0 Å². The van der Waals surface area contributed by atoms with Gasteiger partial charge in [0.05, 0.1) is 0 Å². The summed E-state index contributed by atoms with van der Waals surface area (Å²) in [4.78, 5) is 0. The second-order valence-corrected chi connectivity index (χ2v) is 10.1. The van der Waals surface area contributed by atoms with E-state index in [1.807, 2.05) is 0 Å². The Bertz CT molecular complexity index is 262. The quantitative estimate of drug-likeness (QED) is 0.290. The summed E-state index contributed by atoms with van der Waals surface area (Å²) < 4.78 is 0. The lowest BCUT2D eigenvalue weighted by atomic mass is 9.85. The highest BCUT2D eigenvalue weighted by atomic mass is 14.2. The first kappa shape index (κ1) is 26.0. The third kappa shape index (κ3) is 15.9. The molecular formula is C28H56. The van der Waals surface area contributed by atoms with Crippen LogP contribution in [-0.2, 0) is 0 Å². The lowest BCUT2D eigenvalue weighted by molar-refractivity contribution is 0.322. The van der Waals surface area contributed by atoms with Gasteiger partial charge in [-0.05, 0) is 11.8 Å². The van der Waals surface area contributed by atoms with Gasteiger partial charge in [0.15, 0.2) is 0 Å². The minimum atomic E-state index is 1.05. The predicted molar refractivity (Wildman–Crippen MR) is 129 cm³/mol. The summed E-state index contributed by atoms with van der Waals surface area (Å²) in [5.41, 5.74) is 0. The van der Waals surface area contributed by atoms with Crippen LogP contribution in [0.1, 0.15) is 168 Å². The van der Waals surface area contributed by atoms with Crippen molar-refractivity contribution in [3.8, 4) is 0 Å². The number of unbranched alkanes of at least 4 members (excludes halogenated alkanes) is 8. The maximum atomic E-state index is 2.33. The van der Waals surface area contributed by atoms with E-state index in [4.69, 9.17) is 0 Å². The Morgan fingerprint density at radius 2 is 0.750 bits per heavy atom. The van der Waals surface area contributed by atoms with Crippen molar-refractivity contribution in [1.82, 2.24) is 0 Å². The van der Waals surface area contributed by atoms with E-state index in [0.717, 1.165) is 11.8 Å². The largest absolute Gasteiger partial charge is 0.0654 e. The Morgan fingerprint density at radius 1 is 0.393 bits per heavy atom. The van der Waals surface area contributed by atoms with E-state index in [1.165, 1.54) is 141 Å². The van der Waals surface area contributed by atoms with Crippen molar-refractivity contribution in [1.29, 1.82) is 0 Å². The molecule has 0 radical (unpaired) electrons. The van der Waals surface area contributed by atoms with E-state index in [2.05, 4.69) is 13.8 Å². The third-order valence-electron chi connectivity index (χ3n) is 7.38. The molecule has 2 atom stereocenters. The molecule has 1 aliphatic carbocycles. The Labute approximate surface area is 180 Å². The van der Waals surface area contributed by atoms with Crippen LogP contribution in [0.15, 0.2) is 0 Å². The fraction of sp³-hybridized carbons (Fsp3) is 1.00. The van der Waals surface area contributed by atoms with E-state index < -0.39 is 0 Å². The van der Waals surface area contributed by atoms with E-state index in [1.54, 1.807) is 12.8 Å². The molecule has 0 aliphatic heterocycles. The van der Waals surface area contributed by atoms with Gasteiger partial charge in [-0.1, -0.05) is 168 Å². The summed E-state index contributed by atoms with van der Waals surface area (Å²) in [7, 11) is 0. The van der Waals surface area contributed by atoms with Crippen LogP contribution in [0.4, 0.5) is 0 Å². The second kappa shape index (κ2) is 20.3. The highest BCUT2D eigenvalue weighted by Gasteiger charge is 2.13. The number of rotatable bonds is 12. The first-order chi connectivity index (χ1) is 13.9. The number of hydrogen-bond donors (Lipinski definition) is 0. The summed E-state index contributed by atoms with van der Waals surface area (Å²) in [5.74, 6) is 2.10. The molecule has 1 saturated carbocycles. The van der Waals surface area contributed by atoms with Gasteiger partial charge in [0.1, 0.15) is 0 Å². The summed E-state index contributed by atoms with van der Waals surface area (Å²) in [6.07, 6.45) is 35.9. The summed E-state index contributed by atoms with van der Waals surface area (Å²) in [6, 6.07) is 0. The van der Waals surface area contributed by atoms with Crippen LogP contribution in [-0.4, -0.2) is 0 Å². The Kier molecular flexibility index (Phi) is 18.9. The first-order valence-electron chi connectivity index (χ1n) is 13.9. The van der Waals surface area contributed by atoms with E-state index in [-0.39, 0.29) is 0 Å². The molecule has 28 heavy (non-hydrogen) atoms. The molecule has 0 N–H and O–H groups in total. The van der Waals surface area contributed by atoms with Crippen molar-refractivity contribution < 1.29 is 0 Å². The number of hydrogen-bond acceptors (Lipinski definition) is 0. The normalized spacial score (nSPS) is 23.4. The van der Waals surface area contributed by atoms with Crippen LogP contribution in [0.2, 0.25) is 0 Å². The van der Waals surface area contributed by atoms with Crippen molar-refractivity contribution >= 4 is 0 Å². The van der Waals surface area contributed by atoms with Gasteiger partial charge in [-0.2, -0.15) is 0 Å². The molecule has 0 aromatic carbocycles. The third-order valence-corrected chi connectivity index (χ3v) is 7.38. The maximum absolute atomic E-state index is 2.33. The zero-order valence-corrected chi connectivity index (χ0v) is 20.1. The smallest absolute Gasteiger partial charge is 0.0414 e. The minimum absolute atomic E-state index is 1.05. The molecule has 1 aliphatic rings. The predicted octanol–water partition coefficient (Wildman–Crippen LogP) is 10.6. The highest BCUT2D eigenvalue weighted by molar-refractivity contribution is 4.66. The lowest BCUT2D eigenvalue weighted by Crippen LogP contribution is -2.06. The Hall–Kier alpha value is 0. The minimum Gasteiger partial charge on any atom is -0.0654 e. The summed E-state index contributed by atoms with van der Waals surface area (Å²) in [5, 5.41) is 0. The Balaban J connectivity index is 2.34. The monoisotopic (exact) mass is 392 g/mol. The zero-order chi connectivity index (χ0) is 20.1. The molecule has 2 unspecified atom stereocenters. The lowest BCUT2D eigenvalue weighted by Gasteiger charge is -2.21. The van der Waals surface area contributed by atoms with Gasteiger partial charge < -0.3 is 0 Å². The molecule has 0 amide bonds. The first-order valence-corrected chi connectivity index (χ1v) is 13.9. The molecule has 168 valence electrons. The molecule has 0 bridgehead atoms. The van der Waals surface area contributed by atoms with E-state index in [9.17, 15) is 0 Å². The molecule has 0 spiro atoms. The molecule has 0 heteroatoms. The van der Waals surface area contributed by atoms with Gasteiger partial charge >= 0.3 is 0 Å². The van der Waals surface area contributed by atoms with Crippen LogP contribution >= 0.6 is 0 Å². The van der Waals surface area contributed by atoms with Gasteiger partial charge in [0, 0.05) is 0 Å². The van der Waals surface area contributed by atoms with Crippen LogP contribution in [0.5, 0.6) is 0 Å². The van der Waals surface area contributed by atoms with Crippen molar-refractivity contribution in [2.75, 3.05) is 0 Å². The van der Waals surface area contributed by atoms with Crippen LogP contribution in [0.25, 0.3) is 0 Å². The van der Waals surface area contributed by atoms with E-state index >= 15 is 0 Å². The fourth-order valence-electron chi connectivity index (χ4n) is 5.38. The van der Waals surface area contributed by atoms with Gasteiger partial charge in [0.2, 0.25) is 0 Å². The van der Waals surface area contributed by atoms with Crippen molar-refractivity contribution in [2.24, 2.45) is 11.8 Å². The van der Waals surface area contributed by atoms with Gasteiger partial charge in [0.25, 0.3) is 0 Å². The fourth-order valence-corrected chi connectivity index (χ4v) is 5.38.